The molecule has 0 fully saturated rings. The number of nitrogens with zero attached hydrogens (tertiary/aromatic N) is 1. The summed E-state index contributed by atoms with van der Waals surface area (Å²) >= 11 is 0. The maximum atomic E-state index is 13.2. The van der Waals surface area contributed by atoms with Gasteiger partial charge in [-0.3, -0.25) is 4.98 Å². The Morgan fingerprint density at radius 1 is 1.05 bits per heavy atom. The summed E-state index contributed by atoms with van der Waals surface area (Å²) in [5, 5.41) is 15.3. The van der Waals surface area contributed by atoms with Gasteiger partial charge in [-0.1, -0.05) is 12.1 Å². The van der Waals surface area contributed by atoms with Gasteiger partial charge in [-0.25, -0.2) is 9.18 Å². The van der Waals surface area contributed by atoms with Crippen LogP contribution in [-0.4, -0.2) is 42.5 Å². The molecule has 1 aromatic heterocycles. The molecule has 2 amide bonds. The largest absolute Gasteiger partial charge is 0.489 e. The van der Waals surface area contributed by atoms with Gasteiger partial charge >= 0.3 is 6.03 Å². The molecule has 1 aliphatic heterocycles. The number of benzene rings is 3. The Hall–Kier alpha value is -4.57. The second-order valence-corrected chi connectivity index (χ2v) is 8.86. The van der Waals surface area contributed by atoms with Gasteiger partial charge in [-0.2, -0.15) is 0 Å². The molecule has 202 valence electrons. The van der Waals surface area contributed by atoms with E-state index in [4.69, 9.17) is 24.1 Å². The number of urea groups is 1. The normalized spacial score (nSPS) is 13.0. The topological polar surface area (TPSA) is 111 Å². The zero-order chi connectivity index (χ0) is 27.2. The minimum Gasteiger partial charge on any atom is -0.489 e. The number of fused-ring (bicyclic) bond motifs is 3. The van der Waals surface area contributed by atoms with Crippen molar-refractivity contribution in [2.45, 2.75) is 19.4 Å². The first-order valence-electron chi connectivity index (χ1n) is 12.6. The number of nitrogens with one attached hydrogen (secondary N) is 2. The molecule has 4 aromatic rings. The average Bonchev–Trinajstić information content (AvgIpc) is 2.94. The number of amides is 2. The second kappa shape index (κ2) is 11.9. The summed E-state index contributed by atoms with van der Waals surface area (Å²) in [5.74, 6) is 2.21. The Balaban J connectivity index is 1.30. The van der Waals surface area contributed by atoms with E-state index in [0.29, 0.717) is 71.6 Å². The second-order valence-electron chi connectivity index (χ2n) is 8.86. The molecule has 3 N–H and O–H groups in total. The fraction of sp³-hybridized carbons (Fsp3) is 0.241. The van der Waals surface area contributed by atoms with Gasteiger partial charge in [0.1, 0.15) is 30.5 Å². The molecule has 0 bridgehead atoms. The Bertz CT molecular complexity index is 1450. The molecule has 0 saturated carbocycles. The van der Waals surface area contributed by atoms with E-state index in [1.807, 2.05) is 6.92 Å². The Morgan fingerprint density at radius 2 is 1.79 bits per heavy atom. The number of aliphatic hydroxyl groups is 1. The predicted molar refractivity (Wildman–Crippen MR) is 143 cm³/mol. The Morgan fingerprint density at radius 3 is 2.54 bits per heavy atom. The van der Waals surface area contributed by atoms with Crippen LogP contribution in [0.1, 0.15) is 24.9 Å². The summed E-state index contributed by atoms with van der Waals surface area (Å²) in [6.07, 6.45) is 2.12. The van der Waals surface area contributed by atoms with Gasteiger partial charge in [0.05, 0.1) is 23.6 Å². The van der Waals surface area contributed by atoms with Crippen molar-refractivity contribution in [1.29, 1.82) is 0 Å². The molecule has 0 spiro atoms. The number of anilines is 1. The predicted octanol–water partition coefficient (Wildman–Crippen LogP) is 5.58. The fourth-order valence-electron chi connectivity index (χ4n) is 4.14. The third-order valence-electron chi connectivity index (χ3n) is 6.06. The van der Waals surface area contributed by atoms with Gasteiger partial charge in [0.25, 0.3) is 0 Å². The highest BCUT2D eigenvalue weighted by Crippen LogP contribution is 2.48. The molecule has 1 atom stereocenters. The lowest BCUT2D eigenvalue weighted by molar-refractivity contribution is 0.161. The van der Waals surface area contributed by atoms with E-state index in [9.17, 15) is 9.18 Å². The van der Waals surface area contributed by atoms with Gasteiger partial charge in [-0.15, -0.1) is 0 Å². The summed E-state index contributed by atoms with van der Waals surface area (Å²) in [4.78, 5) is 16.9. The van der Waals surface area contributed by atoms with Gasteiger partial charge in [-0.05, 0) is 55.0 Å². The number of aromatic nitrogens is 1. The lowest BCUT2D eigenvalue weighted by Crippen LogP contribution is -2.31. The van der Waals surface area contributed by atoms with Crippen LogP contribution in [0.15, 0.2) is 66.9 Å². The van der Waals surface area contributed by atoms with Crippen molar-refractivity contribution in [3.63, 3.8) is 0 Å². The summed E-state index contributed by atoms with van der Waals surface area (Å²) in [6, 6.07) is 15.7. The highest BCUT2D eigenvalue weighted by atomic mass is 19.1. The third-order valence-corrected chi connectivity index (χ3v) is 6.06. The van der Waals surface area contributed by atoms with E-state index >= 15 is 0 Å². The van der Waals surface area contributed by atoms with Crippen molar-refractivity contribution in [3.8, 4) is 28.7 Å². The molecule has 1 aliphatic rings. The molecular formula is C29H28FN3O6. The van der Waals surface area contributed by atoms with Gasteiger partial charge in [0.2, 0.25) is 5.75 Å². The first-order valence-corrected chi connectivity index (χ1v) is 12.6. The zero-order valence-corrected chi connectivity index (χ0v) is 21.3. The number of hydrogen-bond donors (Lipinski definition) is 3. The van der Waals surface area contributed by atoms with E-state index in [1.54, 1.807) is 54.7 Å². The third kappa shape index (κ3) is 6.12. The lowest BCUT2D eigenvalue weighted by atomic mass is 10.1. The number of aliphatic hydroxyl groups excluding tert-OH is 1. The lowest BCUT2D eigenvalue weighted by Gasteiger charge is -2.23. The number of hydrogen-bond acceptors (Lipinski definition) is 7. The SMILES string of the molecule is C[C@H](NC(=O)Nc1ccc(Oc2ccnc3cc(OCCCO)c4c(c23)OCCO4)cc1)c1ccc(F)cc1. The molecular weight excluding hydrogens is 505 g/mol. The maximum absolute atomic E-state index is 13.2. The van der Waals surface area contributed by atoms with Crippen LogP contribution in [0.3, 0.4) is 0 Å². The number of halogens is 1. The van der Waals surface area contributed by atoms with Crippen LogP contribution >= 0.6 is 0 Å². The molecule has 10 heteroatoms. The number of carbonyl (C=O) groups is 1. The molecule has 5 rings (SSSR count). The smallest absolute Gasteiger partial charge is 0.319 e. The van der Waals surface area contributed by atoms with Crippen molar-refractivity contribution in [3.05, 3.63) is 78.2 Å². The maximum Gasteiger partial charge on any atom is 0.319 e. The van der Waals surface area contributed by atoms with Crippen LogP contribution in [0.25, 0.3) is 10.9 Å². The van der Waals surface area contributed by atoms with Crippen LogP contribution in [-0.2, 0) is 0 Å². The van der Waals surface area contributed by atoms with Crippen molar-refractivity contribution in [1.82, 2.24) is 10.3 Å². The van der Waals surface area contributed by atoms with Crippen LogP contribution < -0.4 is 29.6 Å². The summed E-state index contributed by atoms with van der Waals surface area (Å²) < 4.78 is 36.9. The standard InChI is InChI=1S/C29H28FN3O6/c1-18(19-3-5-20(30)6-4-19)32-29(35)33-21-7-9-22(10-8-21)39-24-11-12-31-23-17-25(36-14-2-13-34)27-28(26(23)24)38-16-15-37-27/h3-12,17-18,34H,2,13-16H2,1H3,(H2,32,33,35)/t18-/m0/s1. The van der Waals surface area contributed by atoms with Crippen molar-refractivity contribution in [2.24, 2.45) is 0 Å². The van der Waals surface area contributed by atoms with Crippen LogP contribution in [0.4, 0.5) is 14.9 Å². The minimum absolute atomic E-state index is 0.0253. The summed E-state index contributed by atoms with van der Waals surface area (Å²) in [6.45, 7) is 2.93. The van der Waals surface area contributed by atoms with Crippen LogP contribution in [0.2, 0.25) is 0 Å². The van der Waals surface area contributed by atoms with Gasteiger partial charge < -0.3 is 34.7 Å². The average molecular weight is 534 g/mol. The Labute approximate surface area is 224 Å². The van der Waals surface area contributed by atoms with E-state index < -0.39 is 0 Å². The molecule has 9 nitrogen and oxygen atoms in total. The van der Waals surface area contributed by atoms with E-state index in [1.165, 1.54) is 12.1 Å². The molecule has 3 aromatic carbocycles. The van der Waals surface area contributed by atoms with Gasteiger partial charge in [0, 0.05) is 31.0 Å². The number of ether oxygens (including phenoxy) is 4. The van der Waals surface area contributed by atoms with Crippen molar-refractivity contribution < 1.29 is 33.2 Å². The zero-order valence-electron chi connectivity index (χ0n) is 21.3. The number of pyridine rings is 1. The first kappa shape index (κ1) is 26.1. The molecule has 2 heterocycles. The van der Waals surface area contributed by atoms with Crippen LogP contribution in [0.5, 0.6) is 28.7 Å². The molecule has 0 radical (unpaired) electrons. The number of rotatable bonds is 9. The Kier molecular flexibility index (Phi) is 7.93. The van der Waals surface area contributed by atoms with Gasteiger partial charge in [0.15, 0.2) is 11.5 Å². The van der Waals surface area contributed by atoms with E-state index in [0.717, 1.165) is 5.56 Å². The highest BCUT2D eigenvalue weighted by Gasteiger charge is 2.24. The van der Waals surface area contributed by atoms with E-state index in [-0.39, 0.29) is 24.5 Å². The quantitative estimate of drug-likeness (QED) is 0.241. The molecule has 0 saturated heterocycles. The number of carbonyl (C=O) groups excluding carboxylic acids is 1. The summed E-state index contributed by atoms with van der Waals surface area (Å²) in [5.41, 5.74) is 1.98. The van der Waals surface area contributed by atoms with Crippen LogP contribution in [0, 0.1) is 5.82 Å². The van der Waals surface area contributed by atoms with Crippen molar-refractivity contribution >= 4 is 22.6 Å². The van der Waals surface area contributed by atoms with Crippen molar-refractivity contribution in [2.75, 3.05) is 31.7 Å². The highest BCUT2D eigenvalue weighted by molar-refractivity contribution is 5.95. The molecule has 0 unspecified atom stereocenters. The minimum atomic E-state index is -0.388. The summed E-state index contributed by atoms with van der Waals surface area (Å²) in [7, 11) is 0. The van der Waals surface area contributed by atoms with E-state index in [2.05, 4.69) is 15.6 Å². The monoisotopic (exact) mass is 533 g/mol. The first-order chi connectivity index (χ1) is 19.0. The molecule has 0 aliphatic carbocycles. The fourth-order valence-corrected chi connectivity index (χ4v) is 4.14. The molecule has 39 heavy (non-hydrogen) atoms.